The van der Waals surface area contributed by atoms with Crippen molar-refractivity contribution >= 4 is 5.82 Å². The Morgan fingerprint density at radius 1 is 1.57 bits per heavy atom. The van der Waals surface area contributed by atoms with E-state index < -0.39 is 0 Å². The molecular formula is C9H14N4O. The summed E-state index contributed by atoms with van der Waals surface area (Å²) in [6.45, 7) is 2.26. The van der Waals surface area contributed by atoms with Crippen LogP contribution in [-0.4, -0.2) is 36.3 Å². The van der Waals surface area contributed by atoms with Gasteiger partial charge < -0.3 is 15.4 Å². The summed E-state index contributed by atoms with van der Waals surface area (Å²) < 4.78 is 5.18. The molecule has 1 aromatic heterocycles. The van der Waals surface area contributed by atoms with E-state index >= 15 is 0 Å². The number of nitrogens with two attached hydrogens (primary N) is 1. The molecule has 0 saturated carbocycles. The molecule has 0 radical (unpaired) electrons. The second kappa shape index (κ2) is 3.89. The number of rotatable bonds is 3. The largest absolute Gasteiger partial charge is 0.378 e. The van der Waals surface area contributed by atoms with Crippen molar-refractivity contribution < 1.29 is 4.74 Å². The Hall–Kier alpha value is -1.20. The molecule has 76 valence electrons. The fraction of sp³-hybridized carbons (Fsp3) is 0.556. The van der Waals surface area contributed by atoms with Crippen LogP contribution in [0.2, 0.25) is 0 Å². The highest BCUT2D eigenvalue weighted by Gasteiger charge is 2.27. The number of methoxy groups -OCH3 is 1. The topological polar surface area (TPSA) is 64.3 Å². The second-order valence-electron chi connectivity index (χ2n) is 3.33. The molecule has 0 spiro atoms. The van der Waals surface area contributed by atoms with Crippen LogP contribution in [0.1, 0.15) is 5.69 Å². The van der Waals surface area contributed by atoms with Gasteiger partial charge in [-0.1, -0.05) is 0 Å². The Morgan fingerprint density at radius 3 is 3.00 bits per heavy atom. The number of hydrogen-bond donors (Lipinski definition) is 1. The van der Waals surface area contributed by atoms with Crippen molar-refractivity contribution in [2.45, 2.75) is 12.6 Å². The van der Waals surface area contributed by atoms with Gasteiger partial charge in [0.05, 0.1) is 11.8 Å². The Bertz CT molecular complexity index is 311. The highest BCUT2D eigenvalue weighted by molar-refractivity contribution is 5.42. The molecule has 2 N–H and O–H groups in total. The van der Waals surface area contributed by atoms with E-state index in [9.17, 15) is 0 Å². The van der Waals surface area contributed by atoms with Crippen molar-refractivity contribution in [1.82, 2.24) is 9.97 Å². The van der Waals surface area contributed by atoms with Crippen LogP contribution in [0.4, 0.5) is 5.82 Å². The van der Waals surface area contributed by atoms with Gasteiger partial charge in [0.2, 0.25) is 0 Å². The summed E-state index contributed by atoms with van der Waals surface area (Å²) in [5.41, 5.74) is 6.37. The van der Waals surface area contributed by atoms with E-state index in [0.717, 1.165) is 24.6 Å². The quantitative estimate of drug-likeness (QED) is 0.720. The van der Waals surface area contributed by atoms with Gasteiger partial charge in [0, 0.05) is 32.8 Å². The summed E-state index contributed by atoms with van der Waals surface area (Å²) in [5.74, 6) is 0.939. The summed E-state index contributed by atoms with van der Waals surface area (Å²) >= 11 is 0. The smallest absolute Gasteiger partial charge is 0.132 e. The lowest BCUT2D eigenvalue weighted by molar-refractivity contribution is 0.0783. The van der Waals surface area contributed by atoms with Crippen molar-refractivity contribution in [3.05, 3.63) is 18.1 Å². The van der Waals surface area contributed by atoms with E-state index in [4.69, 9.17) is 10.5 Å². The van der Waals surface area contributed by atoms with Gasteiger partial charge in [-0.15, -0.1) is 0 Å². The van der Waals surface area contributed by atoms with E-state index in [1.165, 1.54) is 0 Å². The minimum atomic E-state index is 0.339. The lowest BCUT2D eigenvalue weighted by Crippen LogP contribution is -2.52. The Kier molecular flexibility index (Phi) is 2.60. The molecule has 1 aliphatic rings. The summed E-state index contributed by atoms with van der Waals surface area (Å²) in [6, 6.07) is 1.92. The Labute approximate surface area is 82.9 Å². The van der Waals surface area contributed by atoms with Gasteiger partial charge in [0.1, 0.15) is 12.1 Å². The predicted octanol–water partition coefficient (Wildman–Crippen LogP) is -0.230. The molecule has 1 fully saturated rings. The van der Waals surface area contributed by atoms with E-state index in [2.05, 4.69) is 14.9 Å². The molecule has 0 amide bonds. The summed E-state index contributed by atoms with van der Waals surface area (Å²) in [5, 5.41) is 0. The molecule has 1 saturated heterocycles. The monoisotopic (exact) mass is 194 g/mol. The normalized spacial score (nSPS) is 16.9. The molecular weight excluding hydrogens is 180 g/mol. The first-order valence-electron chi connectivity index (χ1n) is 4.62. The maximum atomic E-state index is 5.50. The lowest BCUT2D eigenvalue weighted by Gasteiger charge is -2.38. The van der Waals surface area contributed by atoms with Crippen LogP contribution >= 0.6 is 0 Å². The van der Waals surface area contributed by atoms with E-state index in [1.807, 2.05) is 6.07 Å². The molecule has 0 aromatic carbocycles. The minimum Gasteiger partial charge on any atom is -0.378 e. The van der Waals surface area contributed by atoms with Crippen molar-refractivity contribution in [2.24, 2.45) is 5.73 Å². The van der Waals surface area contributed by atoms with Gasteiger partial charge in [-0.05, 0) is 0 Å². The maximum absolute atomic E-state index is 5.50. The van der Waals surface area contributed by atoms with Crippen LogP contribution in [0.15, 0.2) is 12.4 Å². The summed E-state index contributed by atoms with van der Waals surface area (Å²) in [4.78, 5) is 10.4. The number of anilines is 1. The zero-order chi connectivity index (χ0) is 9.97. The highest BCUT2D eigenvalue weighted by Crippen LogP contribution is 2.19. The standard InChI is InChI=1S/C9H14N4O/c1-14-8-4-13(5-8)9-2-7(3-10)11-6-12-9/h2,6,8H,3-5,10H2,1H3. The van der Waals surface area contributed by atoms with Crippen molar-refractivity contribution in [3.63, 3.8) is 0 Å². The molecule has 0 atom stereocenters. The average Bonchev–Trinajstić information content (AvgIpc) is 2.17. The van der Waals surface area contributed by atoms with Crippen LogP contribution < -0.4 is 10.6 Å². The number of ether oxygens (including phenoxy) is 1. The average molecular weight is 194 g/mol. The van der Waals surface area contributed by atoms with Crippen LogP contribution in [-0.2, 0) is 11.3 Å². The van der Waals surface area contributed by atoms with E-state index in [0.29, 0.717) is 12.6 Å². The van der Waals surface area contributed by atoms with Crippen LogP contribution in [0, 0.1) is 0 Å². The van der Waals surface area contributed by atoms with Gasteiger partial charge >= 0.3 is 0 Å². The van der Waals surface area contributed by atoms with E-state index in [1.54, 1.807) is 13.4 Å². The Balaban J connectivity index is 2.03. The fourth-order valence-electron chi connectivity index (χ4n) is 1.44. The van der Waals surface area contributed by atoms with Crippen molar-refractivity contribution in [2.75, 3.05) is 25.1 Å². The van der Waals surface area contributed by atoms with Gasteiger partial charge in [-0.25, -0.2) is 9.97 Å². The first kappa shape index (κ1) is 9.36. The Morgan fingerprint density at radius 2 is 2.36 bits per heavy atom. The fourth-order valence-corrected chi connectivity index (χ4v) is 1.44. The summed E-state index contributed by atoms with van der Waals surface area (Å²) in [7, 11) is 1.73. The molecule has 1 aliphatic heterocycles. The minimum absolute atomic E-state index is 0.339. The van der Waals surface area contributed by atoms with Gasteiger partial charge in [-0.2, -0.15) is 0 Å². The third-order valence-corrected chi connectivity index (χ3v) is 2.42. The molecule has 1 aromatic rings. The molecule has 14 heavy (non-hydrogen) atoms. The first-order chi connectivity index (χ1) is 6.83. The molecule has 0 bridgehead atoms. The van der Waals surface area contributed by atoms with Crippen molar-refractivity contribution in [3.8, 4) is 0 Å². The van der Waals surface area contributed by atoms with Crippen LogP contribution in [0.5, 0.6) is 0 Å². The maximum Gasteiger partial charge on any atom is 0.132 e. The zero-order valence-corrected chi connectivity index (χ0v) is 8.18. The van der Waals surface area contributed by atoms with Gasteiger partial charge in [0.25, 0.3) is 0 Å². The molecule has 2 rings (SSSR count). The number of nitrogens with zero attached hydrogens (tertiary/aromatic N) is 3. The van der Waals surface area contributed by atoms with Gasteiger partial charge in [-0.3, -0.25) is 0 Å². The third-order valence-electron chi connectivity index (χ3n) is 2.42. The van der Waals surface area contributed by atoms with Crippen LogP contribution in [0.25, 0.3) is 0 Å². The number of aromatic nitrogens is 2. The SMILES string of the molecule is COC1CN(c2cc(CN)ncn2)C1. The molecule has 0 unspecified atom stereocenters. The zero-order valence-electron chi connectivity index (χ0n) is 8.18. The first-order valence-corrected chi connectivity index (χ1v) is 4.62. The summed E-state index contributed by atoms with van der Waals surface area (Å²) in [6.07, 6.45) is 1.89. The van der Waals surface area contributed by atoms with Gasteiger partial charge in [0.15, 0.2) is 0 Å². The second-order valence-corrected chi connectivity index (χ2v) is 3.33. The molecule has 2 heterocycles. The molecule has 5 heteroatoms. The predicted molar refractivity (Wildman–Crippen MR) is 52.9 cm³/mol. The van der Waals surface area contributed by atoms with E-state index in [-0.39, 0.29) is 0 Å². The van der Waals surface area contributed by atoms with Crippen LogP contribution in [0.3, 0.4) is 0 Å². The molecule has 0 aliphatic carbocycles. The third kappa shape index (κ3) is 1.69. The van der Waals surface area contributed by atoms with Crippen molar-refractivity contribution in [1.29, 1.82) is 0 Å². The number of hydrogen-bond acceptors (Lipinski definition) is 5. The lowest BCUT2D eigenvalue weighted by atomic mass is 10.1. The molecule has 5 nitrogen and oxygen atoms in total. The highest BCUT2D eigenvalue weighted by atomic mass is 16.5.